The summed E-state index contributed by atoms with van der Waals surface area (Å²) in [7, 11) is 1.79. The van der Waals surface area contributed by atoms with Gasteiger partial charge in [-0.1, -0.05) is 35.9 Å². The average Bonchev–Trinajstić information content (AvgIpc) is 3.08. The first-order chi connectivity index (χ1) is 17.4. The molecule has 1 aliphatic heterocycles. The van der Waals surface area contributed by atoms with Crippen molar-refractivity contribution in [2.75, 3.05) is 25.2 Å². The summed E-state index contributed by atoms with van der Waals surface area (Å²) in [6, 6.07) is 21.2. The zero-order valence-electron chi connectivity index (χ0n) is 21.0. The molecule has 0 bridgehead atoms. The Morgan fingerprint density at radius 2 is 1.56 bits per heavy atom. The topological polar surface area (TPSA) is 51.2 Å². The van der Waals surface area contributed by atoms with Crippen LogP contribution < -0.4 is 19.1 Å². The number of carbonyl (C=O) groups is 1. The largest absolute Gasteiger partial charge is 0.494 e. The smallest absolute Gasteiger partial charge is 0.281 e. The van der Waals surface area contributed by atoms with Crippen molar-refractivity contribution in [3.8, 4) is 17.2 Å². The molecule has 0 aromatic heterocycles. The van der Waals surface area contributed by atoms with E-state index in [1.165, 1.54) is 10.5 Å². The first-order valence-electron chi connectivity index (χ1n) is 11.9. The maximum absolute atomic E-state index is 13.3. The number of hydrogen-bond acceptors (Lipinski definition) is 5. The van der Waals surface area contributed by atoms with Crippen molar-refractivity contribution < 1.29 is 19.0 Å². The van der Waals surface area contributed by atoms with E-state index in [-0.39, 0.29) is 5.91 Å². The highest BCUT2D eigenvalue weighted by atomic mass is 32.1. The minimum absolute atomic E-state index is 0.190. The summed E-state index contributed by atoms with van der Waals surface area (Å²) >= 11 is 5.59. The Hall–Kier alpha value is -3.84. The van der Waals surface area contributed by atoms with Gasteiger partial charge in [0.05, 0.1) is 18.9 Å². The number of nitrogens with zero attached hydrogens (tertiary/aromatic N) is 2. The molecule has 6 nitrogen and oxygen atoms in total. The third-order valence-corrected chi connectivity index (χ3v) is 6.21. The van der Waals surface area contributed by atoms with Gasteiger partial charge in [0.2, 0.25) is 0 Å². The fraction of sp³-hybridized carbons (Fsp3) is 0.241. The molecule has 3 aromatic carbocycles. The van der Waals surface area contributed by atoms with Gasteiger partial charge < -0.3 is 19.1 Å². The lowest BCUT2D eigenvalue weighted by Gasteiger charge is -2.16. The first-order valence-corrected chi connectivity index (χ1v) is 12.3. The number of ether oxygens (including phenoxy) is 3. The standard InChI is InChI=1S/C29H30N2O4S/c1-5-33-24-14-12-23(13-15-24)31-28(32)25(30(4)29(31)36)17-22-11-16-26(27(18-22)34-6-2)35-19-21-9-7-20(3)8-10-21/h7-18H,5-6,19H2,1-4H3/b25-17-. The molecule has 1 saturated heterocycles. The van der Waals surface area contributed by atoms with Crippen LogP contribution in [0.15, 0.2) is 72.4 Å². The van der Waals surface area contributed by atoms with Gasteiger partial charge in [0, 0.05) is 7.05 Å². The summed E-state index contributed by atoms with van der Waals surface area (Å²) < 4.78 is 17.4. The van der Waals surface area contributed by atoms with E-state index < -0.39 is 0 Å². The normalized spacial score (nSPS) is 14.5. The Labute approximate surface area is 217 Å². The molecule has 0 spiro atoms. The summed E-state index contributed by atoms with van der Waals surface area (Å²) in [5.74, 6) is 1.83. The third kappa shape index (κ3) is 5.52. The zero-order valence-corrected chi connectivity index (χ0v) is 21.8. The lowest BCUT2D eigenvalue weighted by molar-refractivity contribution is -0.114. The molecule has 0 aliphatic carbocycles. The Bertz CT molecular complexity index is 1270. The highest BCUT2D eigenvalue weighted by Crippen LogP contribution is 2.33. The summed E-state index contributed by atoms with van der Waals surface area (Å²) in [5.41, 5.74) is 4.27. The molecule has 36 heavy (non-hydrogen) atoms. The quantitative estimate of drug-likeness (QED) is 0.265. The minimum atomic E-state index is -0.190. The van der Waals surface area contributed by atoms with Crippen LogP contribution in [0.25, 0.3) is 6.08 Å². The second-order valence-corrected chi connectivity index (χ2v) is 8.72. The van der Waals surface area contributed by atoms with Gasteiger partial charge in [-0.05, 0) is 86.6 Å². The van der Waals surface area contributed by atoms with E-state index in [9.17, 15) is 4.79 Å². The van der Waals surface area contributed by atoms with Gasteiger partial charge in [0.25, 0.3) is 5.91 Å². The number of amides is 1. The monoisotopic (exact) mass is 502 g/mol. The SMILES string of the molecule is CCOc1ccc(N2C(=O)/C(=C/c3ccc(OCc4ccc(C)cc4)c(OCC)c3)N(C)C2=S)cc1. The highest BCUT2D eigenvalue weighted by Gasteiger charge is 2.36. The molecule has 7 heteroatoms. The fourth-order valence-corrected chi connectivity index (χ4v) is 4.13. The Kier molecular flexibility index (Phi) is 7.90. The Balaban J connectivity index is 1.56. The van der Waals surface area contributed by atoms with Crippen molar-refractivity contribution in [2.24, 2.45) is 0 Å². The number of carbonyl (C=O) groups excluding carboxylic acids is 1. The van der Waals surface area contributed by atoms with Crippen LogP contribution in [0.2, 0.25) is 0 Å². The molecule has 0 N–H and O–H groups in total. The minimum Gasteiger partial charge on any atom is -0.494 e. The molecule has 1 amide bonds. The van der Waals surface area contributed by atoms with Crippen molar-refractivity contribution in [2.45, 2.75) is 27.4 Å². The second-order valence-electron chi connectivity index (χ2n) is 8.35. The van der Waals surface area contributed by atoms with Crippen LogP contribution in [-0.2, 0) is 11.4 Å². The highest BCUT2D eigenvalue weighted by molar-refractivity contribution is 7.80. The number of benzene rings is 3. The van der Waals surface area contributed by atoms with Crippen LogP contribution in [0, 0.1) is 6.92 Å². The van der Waals surface area contributed by atoms with E-state index in [2.05, 4.69) is 31.2 Å². The van der Waals surface area contributed by atoms with Crippen LogP contribution in [0.3, 0.4) is 0 Å². The molecule has 186 valence electrons. The van der Waals surface area contributed by atoms with Crippen LogP contribution in [-0.4, -0.2) is 36.2 Å². The van der Waals surface area contributed by atoms with Gasteiger partial charge in [0.1, 0.15) is 18.1 Å². The lowest BCUT2D eigenvalue weighted by atomic mass is 10.1. The third-order valence-electron chi connectivity index (χ3n) is 5.75. The summed E-state index contributed by atoms with van der Waals surface area (Å²) in [5, 5.41) is 0.415. The summed E-state index contributed by atoms with van der Waals surface area (Å²) in [4.78, 5) is 16.6. The van der Waals surface area contributed by atoms with E-state index in [1.807, 2.05) is 62.4 Å². The number of rotatable bonds is 9. The fourth-order valence-electron chi connectivity index (χ4n) is 3.85. The number of thiocarbonyl (C=S) groups is 1. The van der Waals surface area contributed by atoms with Crippen LogP contribution >= 0.6 is 12.2 Å². The number of likely N-dealkylation sites (N-methyl/N-ethyl adjacent to an activating group) is 1. The van der Waals surface area contributed by atoms with Gasteiger partial charge in [-0.25, -0.2) is 0 Å². The van der Waals surface area contributed by atoms with Crippen LogP contribution in [0.5, 0.6) is 17.2 Å². The van der Waals surface area contributed by atoms with E-state index in [4.69, 9.17) is 26.4 Å². The van der Waals surface area contributed by atoms with Gasteiger partial charge in [-0.3, -0.25) is 9.69 Å². The molecular formula is C29H30N2O4S. The van der Waals surface area contributed by atoms with E-state index in [0.29, 0.717) is 47.8 Å². The number of aryl methyl sites for hydroxylation is 1. The molecule has 0 atom stereocenters. The van der Waals surface area contributed by atoms with Crippen molar-refractivity contribution in [3.05, 3.63) is 89.1 Å². The van der Waals surface area contributed by atoms with Gasteiger partial charge in [0.15, 0.2) is 16.6 Å². The maximum atomic E-state index is 13.3. The molecule has 1 heterocycles. The van der Waals surface area contributed by atoms with Crippen LogP contribution in [0.1, 0.15) is 30.5 Å². The van der Waals surface area contributed by atoms with Crippen molar-refractivity contribution in [1.29, 1.82) is 0 Å². The Morgan fingerprint density at radius 1 is 0.861 bits per heavy atom. The number of anilines is 1. The van der Waals surface area contributed by atoms with Gasteiger partial charge in [-0.15, -0.1) is 0 Å². The molecule has 1 aliphatic rings. The van der Waals surface area contributed by atoms with Gasteiger partial charge >= 0.3 is 0 Å². The van der Waals surface area contributed by atoms with Crippen molar-refractivity contribution in [3.63, 3.8) is 0 Å². The van der Waals surface area contributed by atoms with E-state index in [0.717, 1.165) is 16.9 Å². The predicted molar refractivity (Wildman–Crippen MR) is 147 cm³/mol. The van der Waals surface area contributed by atoms with Gasteiger partial charge in [-0.2, -0.15) is 0 Å². The van der Waals surface area contributed by atoms with Crippen molar-refractivity contribution in [1.82, 2.24) is 4.90 Å². The average molecular weight is 503 g/mol. The predicted octanol–water partition coefficient (Wildman–Crippen LogP) is 5.98. The number of hydrogen-bond donors (Lipinski definition) is 0. The van der Waals surface area contributed by atoms with Crippen molar-refractivity contribution >= 4 is 35.0 Å². The lowest BCUT2D eigenvalue weighted by Crippen LogP contribution is -2.31. The molecule has 1 fully saturated rings. The molecule has 3 aromatic rings. The van der Waals surface area contributed by atoms with E-state index in [1.54, 1.807) is 11.9 Å². The maximum Gasteiger partial charge on any atom is 0.281 e. The molecule has 0 saturated carbocycles. The Morgan fingerprint density at radius 3 is 2.22 bits per heavy atom. The molecule has 0 radical (unpaired) electrons. The second kappa shape index (κ2) is 11.3. The molecule has 0 unspecified atom stereocenters. The molecule has 4 rings (SSSR count). The summed E-state index contributed by atoms with van der Waals surface area (Å²) in [6.45, 7) is 7.43. The van der Waals surface area contributed by atoms with Crippen LogP contribution in [0.4, 0.5) is 5.69 Å². The van der Waals surface area contributed by atoms with E-state index >= 15 is 0 Å². The first kappa shape index (κ1) is 25.3. The zero-order chi connectivity index (χ0) is 25.7. The molecular weight excluding hydrogens is 472 g/mol. The summed E-state index contributed by atoms with van der Waals surface area (Å²) in [6.07, 6.45) is 1.81.